The molecular formula is C15H20N2O3. The standard InChI is InChI=1S/C15H20N2O3/c1-10-6-7-12(11(2)9-10)16(3)15(20)17-8-4-5-13(17)14(18)19/h6-7,9,13H,4-5,8H2,1-3H3,(H,18,19)/t13-/m0/s1. The molecule has 1 heterocycles. The van der Waals surface area contributed by atoms with Crippen molar-refractivity contribution in [2.45, 2.75) is 32.7 Å². The molecule has 2 rings (SSSR count). The zero-order valence-electron chi connectivity index (χ0n) is 12.1. The van der Waals surface area contributed by atoms with Crippen molar-refractivity contribution in [3.63, 3.8) is 0 Å². The average molecular weight is 276 g/mol. The molecule has 1 aromatic rings. The minimum Gasteiger partial charge on any atom is -0.480 e. The summed E-state index contributed by atoms with van der Waals surface area (Å²) < 4.78 is 0. The second-order valence-electron chi connectivity index (χ2n) is 5.32. The van der Waals surface area contributed by atoms with Gasteiger partial charge in [-0.15, -0.1) is 0 Å². The quantitative estimate of drug-likeness (QED) is 0.902. The minimum absolute atomic E-state index is 0.248. The number of carbonyl (C=O) groups is 2. The summed E-state index contributed by atoms with van der Waals surface area (Å²) in [7, 11) is 1.69. The third-order valence-electron chi connectivity index (χ3n) is 3.78. The number of rotatable bonds is 2. The maximum Gasteiger partial charge on any atom is 0.326 e. The number of aryl methyl sites for hydroxylation is 2. The second kappa shape index (κ2) is 5.53. The Morgan fingerprint density at radius 3 is 2.65 bits per heavy atom. The molecular weight excluding hydrogens is 256 g/mol. The fourth-order valence-electron chi connectivity index (χ4n) is 2.73. The Hall–Kier alpha value is -2.04. The molecule has 0 aliphatic carbocycles. The first-order valence-electron chi connectivity index (χ1n) is 6.76. The number of hydrogen-bond acceptors (Lipinski definition) is 2. The van der Waals surface area contributed by atoms with Crippen LogP contribution in [0.25, 0.3) is 0 Å². The topological polar surface area (TPSA) is 60.9 Å². The van der Waals surface area contributed by atoms with E-state index in [9.17, 15) is 9.59 Å². The number of hydrogen-bond donors (Lipinski definition) is 1. The molecule has 1 aliphatic rings. The van der Waals surface area contributed by atoms with Crippen molar-refractivity contribution in [3.8, 4) is 0 Å². The normalized spacial score (nSPS) is 18.1. The molecule has 2 amide bonds. The summed E-state index contributed by atoms with van der Waals surface area (Å²) in [4.78, 5) is 26.6. The van der Waals surface area contributed by atoms with Crippen molar-refractivity contribution in [1.82, 2.24) is 4.90 Å². The summed E-state index contributed by atoms with van der Waals surface area (Å²) in [6, 6.07) is 4.91. The van der Waals surface area contributed by atoms with Gasteiger partial charge in [0.15, 0.2) is 0 Å². The van der Waals surface area contributed by atoms with Gasteiger partial charge in [-0.05, 0) is 38.3 Å². The Kier molecular flexibility index (Phi) is 3.97. The third kappa shape index (κ3) is 2.61. The lowest BCUT2D eigenvalue weighted by Gasteiger charge is -2.28. The maximum absolute atomic E-state index is 12.5. The van der Waals surface area contributed by atoms with Gasteiger partial charge in [-0.1, -0.05) is 17.7 Å². The first kappa shape index (κ1) is 14.4. The van der Waals surface area contributed by atoms with Gasteiger partial charge < -0.3 is 10.0 Å². The summed E-state index contributed by atoms with van der Waals surface area (Å²) >= 11 is 0. The maximum atomic E-state index is 12.5. The Labute approximate surface area is 118 Å². The molecule has 0 bridgehead atoms. The second-order valence-corrected chi connectivity index (χ2v) is 5.32. The number of nitrogens with zero attached hydrogens (tertiary/aromatic N) is 2. The number of anilines is 1. The van der Waals surface area contributed by atoms with Crippen molar-refractivity contribution >= 4 is 17.7 Å². The molecule has 1 N–H and O–H groups in total. The van der Waals surface area contributed by atoms with E-state index in [0.29, 0.717) is 13.0 Å². The predicted molar refractivity (Wildman–Crippen MR) is 77.1 cm³/mol. The molecule has 0 spiro atoms. The average Bonchev–Trinajstić information content (AvgIpc) is 2.86. The Bertz CT molecular complexity index is 542. The number of carboxylic acids is 1. The van der Waals surface area contributed by atoms with E-state index in [4.69, 9.17) is 5.11 Å². The number of likely N-dealkylation sites (tertiary alicyclic amines) is 1. The van der Waals surface area contributed by atoms with Gasteiger partial charge in [0.2, 0.25) is 0 Å². The van der Waals surface area contributed by atoms with Gasteiger partial charge in [-0.3, -0.25) is 4.90 Å². The molecule has 5 nitrogen and oxygen atoms in total. The molecule has 1 aliphatic heterocycles. The van der Waals surface area contributed by atoms with Gasteiger partial charge in [0.25, 0.3) is 0 Å². The van der Waals surface area contributed by atoms with Crippen LogP contribution in [-0.4, -0.2) is 41.6 Å². The molecule has 1 saturated heterocycles. The monoisotopic (exact) mass is 276 g/mol. The van der Waals surface area contributed by atoms with E-state index >= 15 is 0 Å². The van der Waals surface area contributed by atoms with Crippen molar-refractivity contribution in [1.29, 1.82) is 0 Å². The van der Waals surface area contributed by atoms with Crippen LogP contribution in [0, 0.1) is 13.8 Å². The highest BCUT2D eigenvalue weighted by atomic mass is 16.4. The minimum atomic E-state index is -0.926. The van der Waals surface area contributed by atoms with Crippen LogP contribution in [0.15, 0.2) is 18.2 Å². The van der Waals surface area contributed by atoms with E-state index in [1.807, 2.05) is 32.0 Å². The van der Waals surface area contributed by atoms with Crippen molar-refractivity contribution < 1.29 is 14.7 Å². The summed E-state index contributed by atoms with van der Waals surface area (Å²) in [6.45, 7) is 4.45. The number of amides is 2. The third-order valence-corrected chi connectivity index (χ3v) is 3.78. The molecule has 5 heteroatoms. The zero-order valence-corrected chi connectivity index (χ0v) is 12.1. The number of carbonyl (C=O) groups excluding carboxylic acids is 1. The van der Waals surface area contributed by atoms with Crippen LogP contribution >= 0.6 is 0 Å². The van der Waals surface area contributed by atoms with Gasteiger partial charge in [0.1, 0.15) is 6.04 Å². The number of aliphatic carboxylic acids is 1. The lowest BCUT2D eigenvalue weighted by atomic mass is 10.1. The largest absolute Gasteiger partial charge is 0.480 e. The van der Waals surface area contributed by atoms with Gasteiger partial charge in [-0.25, -0.2) is 9.59 Å². The molecule has 1 atom stereocenters. The van der Waals surface area contributed by atoms with E-state index in [1.54, 1.807) is 7.05 Å². The molecule has 0 aromatic heterocycles. The fourth-order valence-corrected chi connectivity index (χ4v) is 2.73. The molecule has 1 fully saturated rings. The van der Waals surface area contributed by atoms with Gasteiger partial charge in [-0.2, -0.15) is 0 Å². The molecule has 0 radical (unpaired) electrons. The Morgan fingerprint density at radius 2 is 2.05 bits per heavy atom. The summed E-state index contributed by atoms with van der Waals surface area (Å²) in [5.74, 6) is -0.926. The Balaban J connectivity index is 2.22. The van der Waals surface area contributed by atoms with Crippen LogP contribution in [-0.2, 0) is 4.79 Å². The highest BCUT2D eigenvalue weighted by Crippen LogP contribution is 2.24. The van der Waals surface area contributed by atoms with Crippen LogP contribution in [0.4, 0.5) is 10.5 Å². The van der Waals surface area contributed by atoms with Crippen LogP contribution in [0.1, 0.15) is 24.0 Å². The van der Waals surface area contributed by atoms with E-state index < -0.39 is 12.0 Å². The van der Waals surface area contributed by atoms with Gasteiger partial charge in [0, 0.05) is 19.3 Å². The van der Waals surface area contributed by atoms with Crippen LogP contribution in [0.5, 0.6) is 0 Å². The van der Waals surface area contributed by atoms with Crippen LogP contribution < -0.4 is 4.90 Å². The van der Waals surface area contributed by atoms with Gasteiger partial charge in [0.05, 0.1) is 0 Å². The fraction of sp³-hybridized carbons (Fsp3) is 0.467. The van der Waals surface area contributed by atoms with E-state index in [0.717, 1.165) is 23.2 Å². The van der Waals surface area contributed by atoms with E-state index in [2.05, 4.69) is 0 Å². The first-order chi connectivity index (χ1) is 9.41. The van der Waals surface area contributed by atoms with Crippen molar-refractivity contribution in [2.75, 3.05) is 18.5 Å². The lowest BCUT2D eigenvalue weighted by molar-refractivity contribution is -0.141. The molecule has 20 heavy (non-hydrogen) atoms. The zero-order chi connectivity index (χ0) is 14.9. The number of benzene rings is 1. The smallest absolute Gasteiger partial charge is 0.326 e. The summed E-state index contributed by atoms with van der Waals surface area (Å²) in [5.41, 5.74) is 2.96. The van der Waals surface area contributed by atoms with E-state index in [1.165, 1.54) is 9.80 Å². The highest BCUT2D eigenvalue weighted by molar-refractivity contribution is 5.95. The summed E-state index contributed by atoms with van der Waals surface area (Å²) in [5, 5.41) is 9.16. The SMILES string of the molecule is Cc1ccc(N(C)C(=O)N2CCC[C@H]2C(=O)O)c(C)c1. The van der Waals surface area contributed by atoms with E-state index in [-0.39, 0.29) is 6.03 Å². The van der Waals surface area contributed by atoms with Gasteiger partial charge >= 0.3 is 12.0 Å². The van der Waals surface area contributed by atoms with Crippen LogP contribution in [0.2, 0.25) is 0 Å². The molecule has 0 unspecified atom stereocenters. The lowest BCUT2D eigenvalue weighted by Crippen LogP contribution is -2.47. The van der Waals surface area contributed by atoms with Crippen molar-refractivity contribution in [2.24, 2.45) is 0 Å². The predicted octanol–water partition coefficient (Wildman–Crippen LogP) is 2.41. The molecule has 0 saturated carbocycles. The number of carboxylic acid groups (broad SMARTS) is 1. The number of urea groups is 1. The molecule has 108 valence electrons. The van der Waals surface area contributed by atoms with Crippen LogP contribution in [0.3, 0.4) is 0 Å². The highest BCUT2D eigenvalue weighted by Gasteiger charge is 2.35. The molecule has 1 aromatic carbocycles. The Morgan fingerprint density at radius 1 is 1.35 bits per heavy atom. The summed E-state index contributed by atoms with van der Waals surface area (Å²) in [6.07, 6.45) is 1.27. The van der Waals surface area contributed by atoms with Crippen molar-refractivity contribution in [3.05, 3.63) is 29.3 Å². The first-order valence-corrected chi connectivity index (χ1v) is 6.76.